The minimum Gasteiger partial charge on any atom is -0.399 e. The van der Waals surface area contributed by atoms with E-state index in [-0.39, 0.29) is 0 Å². The normalized spacial score (nSPS) is 10.5. The zero-order valence-corrected chi connectivity index (χ0v) is 11.8. The molecule has 8 N–H and O–H groups in total. The first-order valence-electron chi connectivity index (χ1n) is 6.41. The summed E-state index contributed by atoms with van der Waals surface area (Å²) in [4.78, 5) is 0. The highest BCUT2D eigenvalue weighted by molar-refractivity contribution is 5.70. The zero-order valence-electron chi connectivity index (χ0n) is 11.8. The van der Waals surface area contributed by atoms with Crippen molar-refractivity contribution in [2.75, 3.05) is 40.9 Å². The van der Waals surface area contributed by atoms with Crippen molar-refractivity contribution in [1.82, 2.24) is 9.78 Å². The van der Waals surface area contributed by atoms with E-state index >= 15 is 0 Å². The van der Waals surface area contributed by atoms with Crippen LogP contribution in [0.2, 0.25) is 0 Å². The lowest BCUT2D eigenvalue weighted by molar-refractivity contribution is 0.758. The minimum atomic E-state index is 0.640. The van der Waals surface area contributed by atoms with Gasteiger partial charge in [0.05, 0.1) is 22.8 Å². The average molecular weight is 275 g/mol. The monoisotopic (exact) mass is 275 g/mol. The van der Waals surface area contributed by atoms with Gasteiger partial charge in [-0.2, -0.15) is 5.10 Å². The predicted molar refractivity (Wildman–Crippen MR) is 84.6 cm³/mol. The molecule has 0 aliphatic heterocycles. The highest BCUT2D eigenvalue weighted by Gasteiger charge is 2.08. The molecule has 0 bridgehead atoms. The fraction of sp³-hybridized carbons (Fsp3) is 0.308. The fourth-order valence-corrected chi connectivity index (χ4v) is 2.00. The summed E-state index contributed by atoms with van der Waals surface area (Å²) in [7, 11) is 1.86. The molecule has 0 atom stereocenters. The van der Waals surface area contributed by atoms with Gasteiger partial charge in [0.25, 0.3) is 0 Å². The molecule has 0 saturated heterocycles. The standard InChI is InChI=1S/C13H21N7/c1-8-12(16)13(20(2)19-8)18-6-5-17-11-4-3-9(14)7-10(11)15/h3-4,7,17-18H,5-6,14-16H2,1-2H3. The van der Waals surface area contributed by atoms with Gasteiger partial charge >= 0.3 is 0 Å². The summed E-state index contributed by atoms with van der Waals surface area (Å²) in [5.41, 5.74) is 21.1. The molecule has 108 valence electrons. The third-order valence-electron chi connectivity index (χ3n) is 3.08. The Hall–Kier alpha value is -2.57. The van der Waals surface area contributed by atoms with Gasteiger partial charge in [0.1, 0.15) is 5.82 Å². The first kappa shape index (κ1) is 13.9. The van der Waals surface area contributed by atoms with E-state index in [0.717, 1.165) is 17.2 Å². The quantitative estimate of drug-likeness (QED) is 0.410. The van der Waals surface area contributed by atoms with Crippen molar-refractivity contribution in [3.8, 4) is 0 Å². The van der Waals surface area contributed by atoms with E-state index in [2.05, 4.69) is 15.7 Å². The maximum Gasteiger partial charge on any atom is 0.147 e. The van der Waals surface area contributed by atoms with Gasteiger partial charge in [0.15, 0.2) is 0 Å². The second-order valence-electron chi connectivity index (χ2n) is 4.67. The van der Waals surface area contributed by atoms with E-state index in [0.29, 0.717) is 30.2 Å². The van der Waals surface area contributed by atoms with Crippen LogP contribution in [-0.4, -0.2) is 22.9 Å². The number of hydrogen-bond acceptors (Lipinski definition) is 6. The molecule has 7 nitrogen and oxygen atoms in total. The Balaban J connectivity index is 1.87. The number of nitrogen functional groups attached to an aromatic ring is 3. The molecule has 0 saturated carbocycles. The van der Waals surface area contributed by atoms with Gasteiger partial charge in [-0.15, -0.1) is 0 Å². The van der Waals surface area contributed by atoms with Crippen molar-refractivity contribution in [1.29, 1.82) is 0 Å². The van der Waals surface area contributed by atoms with Crippen LogP contribution in [-0.2, 0) is 7.05 Å². The molecule has 2 rings (SSSR count). The Kier molecular flexibility index (Phi) is 3.88. The molecule has 0 aliphatic rings. The number of nitrogens with two attached hydrogens (primary N) is 3. The summed E-state index contributed by atoms with van der Waals surface area (Å²) in [5.74, 6) is 0.828. The molecule has 7 heteroatoms. The first-order valence-corrected chi connectivity index (χ1v) is 6.41. The largest absolute Gasteiger partial charge is 0.399 e. The summed E-state index contributed by atoms with van der Waals surface area (Å²) in [6, 6.07) is 5.42. The smallest absolute Gasteiger partial charge is 0.147 e. The van der Waals surface area contributed by atoms with E-state index in [9.17, 15) is 0 Å². The molecular weight excluding hydrogens is 254 g/mol. The van der Waals surface area contributed by atoms with Crippen molar-refractivity contribution in [2.24, 2.45) is 7.05 Å². The maximum atomic E-state index is 5.94. The summed E-state index contributed by atoms with van der Waals surface area (Å²) >= 11 is 0. The van der Waals surface area contributed by atoms with Crippen LogP contribution < -0.4 is 27.8 Å². The number of benzene rings is 1. The van der Waals surface area contributed by atoms with Gasteiger partial charge in [-0.1, -0.05) is 0 Å². The summed E-state index contributed by atoms with van der Waals surface area (Å²) in [6.45, 7) is 3.29. The first-order chi connectivity index (χ1) is 9.49. The van der Waals surface area contributed by atoms with E-state index in [4.69, 9.17) is 17.2 Å². The van der Waals surface area contributed by atoms with Gasteiger partial charge in [-0.25, -0.2) is 0 Å². The van der Waals surface area contributed by atoms with Gasteiger partial charge < -0.3 is 27.8 Å². The number of aromatic nitrogens is 2. The van der Waals surface area contributed by atoms with Crippen molar-refractivity contribution in [2.45, 2.75) is 6.92 Å². The number of hydrogen-bond donors (Lipinski definition) is 5. The summed E-state index contributed by atoms with van der Waals surface area (Å²) < 4.78 is 1.74. The van der Waals surface area contributed by atoms with Crippen LogP contribution in [0.25, 0.3) is 0 Å². The van der Waals surface area contributed by atoms with Crippen LogP contribution in [0.4, 0.5) is 28.6 Å². The van der Waals surface area contributed by atoms with Crippen LogP contribution >= 0.6 is 0 Å². The summed E-state index contributed by atoms with van der Waals surface area (Å²) in [5, 5.41) is 10.7. The lowest BCUT2D eigenvalue weighted by Gasteiger charge is -2.11. The predicted octanol–water partition coefficient (Wildman–Crippen LogP) is 0.999. The van der Waals surface area contributed by atoms with E-state index < -0.39 is 0 Å². The van der Waals surface area contributed by atoms with Crippen molar-refractivity contribution >= 4 is 28.6 Å². The number of nitrogens with one attached hydrogen (secondary N) is 2. The number of nitrogens with zero attached hydrogens (tertiary/aromatic N) is 2. The van der Waals surface area contributed by atoms with Crippen LogP contribution in [0, 0.1) is 6.92 Å². The molecule has 2 aromatic rings. The van der Waals surface area contributed by atoms with E-state index in [1.807, 2.05) is 26.1 Å². The Morgan fingerprint density at radius 3 is 2.45 bits per heavy atom. The topological polar surface area (TPSA) is 120 Å². The molecule has 1 heterocycles. The van der Waals surface area contributed by atoms with Gasteiger partial charge in [-0.05, 0) is 25.1 Å². The zero-order chi connectivity index (χ0) is 14.7. The molecule has 0 radical (unpaired) electrons. The maximum absolute atomic E-state index is 5.94. The molecular formula is C13H21N7. The van der Waals surface area contributed by atoms with Crippen LogP contribution in [0.1, 0.15) is 5.69 Å². The van der Waals surface area contributed by atoms with Crippen LogP contribution in [0.3, 0.4) is 0 Å². The van der Waals surface area contributed by atoms with Crippen LogP contribution in [0.15, 0.2) is 18.2 Å². The average Bonchev–Trinajstić information content (AvgIpc) is 2.62. The Morgan fingerprint density at radius 1 is 1.15 bits per heavy atom. The molecule has 0 spiro atoms. The molecule has 0 unspecified atom stereocenters. The van der Waals surface area contributed by atoms with E-state index in [1.165, 1.54) is 0 Å². The van der Waals surface area contributed by atoms with Crippen LogP contribution in [0.5, 0.6) is 0 Å². The third kappa shape index (κ3) is 2.87. The highest BCUT2D eigenvalue weighted by atomic mass is 15.3. The van der Waals surface area contributed by atoms with Crippen molar-refractivity contribution in [3.05, 3.63) is 23.9 Å². The molecule has 20 heavy (non-hydrogen) atoms. The molecule has 1 aromatic carbocycles. The highest BCUT2D eigenvalue weighted by Crippen LogP contribution is 2.22. The number of anilines is 5. The molecule has 0 amide bonds. The number of rotatable bonds is 5. The van der Waals surface area contributed by atoms with E-state index in [1.54, 1.807) is 10.7 Å². The van der Waals surface area contributed by atoms with Crippen molar-refractivity contribution < 1.29 is 0 Å². The van der Waals surface area contributed by atoms with Crippen molar-refractivity contribution in [3.63, 3.8) is 0 Å². The second kappa shape index (κ2) is 5.60. The minimum absolute atomic E-state index is 0.640. The summed E-state index contributed by atoms with van der Waals surface area (Å²) in [6.07, 6.45) is 0. The third-order valence-corrected chi connectivity index (χ3v) is 3.08. The van der Waals surface area contributed by atoms with Gasteiger partial charge in [0.2, 0.25) is 0 Å². The Morgan fingerprint density at radius 2 is 1.85 bits per heavy atom. The lowest BCUT2D eigenvalue weighted by atomic mass is 10.2. The molecule has 1 aromatic heterocycles. The molecule has 0 aliphatic carbocycles. The lowest BCUT2D eigenvalue weighted by Crippen LogP contribution is -2.16. The SMILES string of the molecule is Cc1nn(C)c(NCCNc2ccc(N)cc2N)c1N. The molecule has 0 fully saturated rings. The second-order valence-corrected chi connectivity index (χ2v) is 4.67. The van der Waals surface area contributed by atoms with Gasteiger partial charge in [0, 0.05) is 25.8 Å². The fourth-order valence-electron chi connectivity index (χ4n) is 2.00. The Labute approximate surface area is 118 Å². The number of aryl methyl sites for hydroxylation is 2. The van der Waals surface area contributed by atoms with Gasteiger partial charge in [-0.3, -0.25) is 4.68 Å². The Bertz CT molecular complexity index is 603.